The molecule has 1 unspecified atom stereocenters. The van der Waals surface area contributed by atoms with Crippen molar-refractivity contribution in [3.05, 3.63) is 52.8 Å². The van der Waals surface area contributed by atoms with Gasteiger partial charge in [0.2, 0.25) is 0 Å². The van der Waals surface area contributed by atoms with E-state index in [0.717, 1.165) is 0 Å². The molecular formula is C17H20ClNO2. The molecule has 1 heterocycles. The highest BCUT2D eigenvalue weighted by atomic mass is 35.5. The normalized spacial score (nSPS) is 23.6. The fourth-order valence-corrected chi connectivity index (χ4v) is 3.12. The zero-order valence-corrected chi connectivity index (χ0v) is 13.6. The molecule has 1 aromatic heterocycles. The number of fused-ring (bicyclic) bond motifs is 1. The van der Waals surface area contributed by atoms with Crippen LogP contribution in [-0.2, 0) is 14.9 Å². The van der Waals surface area contributed by atoms with Gasteiger partial charge in [0, 0.05) is 23.4 Å². The zero-order valence-electron chi connectivity index (χ0n) is 12.8. The number of hydrogen-bond donors (Lipinski definition) is 0. The average molecular weight is 306 g/mol. The Hall–Kier alpha value is -1.61. The van der Waals surface area contributed by atoms with Gasteiger partial charge in [-0.05, 0) is 17.2 Å². The number of pyridine rings is 1. The molecule has 21 heavy (non-hydrogen) atoms. The van der Waals surface area contributed by atoms with Crippen molar-refractivity contribution < 1.29 is 9.53 Å². The number of nitrogens with zero attached hydrogens (tertiary/aromatic N) is 1. The zero-order chi connectivity index (χ0) is 15.7. The van der Waals surface area contributed by atoms with Gasteiger partial charge in [-0.2, -0.15) is 0 Å². The van der Waals surface area contributed by atoms with Crippen LogP contribution in [0, 0.1) is 5.41 Å². The van der Waals surface area contributed by atoms with Crippen LogP contribution in [-0.4, -0.2) is 18.1 Å². The summed E-state index contributed by atoms with van der Waals surface area (Å²) in [6.07, 6.45) is 8.98. The highest BCUT2D eigenvalue weighted by molar-refractivity contribution is 6.29. The summed E-state index contributed by atoms with van der Waals surface area (Å²) in [5.41, 5.74) is 3.08. The largest absolute Gasteiger partial charge is 0.469 e. The first kappa shape index (κ1) is 15.8. The quantitative estimate of drug-likeness (QED) is 0.610. The van der Waals surface area contributed by atoms with Gasteiger partial charge in [-0.25, -0.2) is 4.98 Å². The third-order valence-electron chi connectivity index (χ3n) is 4.33. The van der Waals surface area contributed by atoms with Gasteiger partial charge in [-0.3, -0.25) is 4.79 Å². The van der Waals surface area contributed by atoms with Crippen LogP contribution in [0.3, 0.4) is 0 Å². The molecule has 0 bridgehead atoms. The predicted molar refractivity (Wildman–Crippen MR) is 84.2 cm³/mol. The van der Waals surface area contributed by atoms with Crippen LogP contribution in [0.15, 0.2) is 42.1 Å². The summed E-state index contributed by atoms with van der Waals surface area (Å²) < 4.78 is 4.26. The summed E-state index contributed by atoms with van der Waals surface area (Å²) >= 11 is 5.80. The molecule has 0 saturated heterocycles. The Morgan fingerprint density at radius 3 is 2.48 bits per heavy atom. The van der Waals surface area contributed by atoms with E-state index in [1.54, 1.807) is 6.92 Å². The maximum atomic E-state index is 9.96. The molecule has 112 valence electrons. The number of aromatic nitrogens is 1. The Bertz CT molecular complexity index is 596. The standard InChI is InChI=1S/C13H12ClN.C4H8O2/c1-12(2)10-4-3-7-13(10,12)9-5-6-11(14)15-8-9;1-3-4(5)6-2/h3-8H,1-2H3;3H2,1-2H3. The fourth-order valence-electron chi connectivity index (χ4n) is 3.01. The molecule has 3 rings (SSSR count). The van der Waals surface area contributed by atoms with Crippen molar-refractivity contribution in [1.29, 1.82) is 0 Å². The lowest BCUT2D eigenvalue weighted by molar-refractivity contribution is -0.140. The van der Waals surface area contributed by atoms with Crippen LogP contribution in [0.4, 0.5) is 0 Å². The molecule has 0 aliphatic heterocycles. The number of methoxy groups -OCH3 is 1. The van der Waals surface area contributed by atoms with Gasteiger partial charge >= 0.3 is 5.97 Å². The van der Waals surface area contributed by atoms with Gasteiger partial charge in [0.25, 0.3) is 0 Å². The Labute approximate surface area is 130 Å². The van der Waals surface area contributed by atoms with Crippen molar-refractivity contribution in [2.45, 2.75) is 32.6 Å². The molecule has 0 amide bonds. The van der Waals surface area contributed by atoms with Crippen molar-refractivity contribution in [2.75, 3.05) is 7.11 Å². The van der Waals surface area contributed by atoms with E-state index in [9.17, 15) is 4.79 Å². The van der Waals surface area contributed by atoms with Crippen LogP contribution < -0.4 is 0 Å². The van der Waals surface area contributed by atoms with E-state index in [1.165, 1.54) is 18.2 Å². The molecule has 0 spiro atoms. The monoisotopic (exact) mass is 305 g/mol. The third-order valence-corrected chi connectivity index (χ3v) is 4.55. The van der Waals surface area contributed by atoms with Crippen LogP contribution in [0.1, 0.15) is 32.8 Å². The highest BCUT2D eigenvalue weighted by Gasteiger charge is 2.66. The van der Waals surface area contributed by atoms with E-state index >= 15 is 0 Å². The number of carbonyl (C=O) groups excluding carboxylic acids is 1. The minimum absolute atomic E-state index is 0.102. The molecule has 2 aliphatic carbocycles. The number of carbonyl (C=O) groups is 1. The number of ether oxygens (including phenoxy) is 1. The Kier molecular flexibility index (Phi) is 4.24. The molecule has 2 aliphatic rings. The number of hydrogen-bond acceptors (Lipinski definition) is 3. The second-order valence-electron chi connectivity index (χ2n) is 5.67. The van der Waals surface area contributed by atoms with E-state index < -0.39 is 0 Å². The van der Waals surface area contributed by atoms with Gasteiger partial charge in [-0.15, -0.1) is 0 Å². The van der Waals surface area contributed by atoms with E-state index in [0.29, 0.717) is 11.6 Å². The van der Waals surface area contributed by atoms with Crippen LogP contribution in [0.5, 0.6) is 0 Å². The van der Waals surface area contributed by atoms with Gasteiger partial charge < -0.3 is 4.74 Å². The van der Waals surface area contributed by atoms with Crippen molar-refractivity contribution in [3.63, 3.8) is 0 Å². The first-order chi connectivity index (χ1) is 9.90. The highest BCUT2D eigenvalue weighted by Crippen LogP contribution is 2.71. The Morgan fingerprint density at radius 1 is 1.38 bits per heavy atom. The summed E-state index contributed by atoms with van der Waals surface area (Å²) in [6.45, 7) is 6.31. The minimum Gasteiger partial charge on any atom is -0.469 e. The maximum absolute atomic E-state index is 9.96. The second kappa shape index (κ2) is 5.64. The molecule has 3 nitrogen and oxygen atoms in total. The summed E-state index contributed by atoms with van der Waals surface area (Å²) in [6, 6.07) is 3.94. The maximum Gasteiger partial charge on any atom is 0.305 e. The van der Waals surface area contributed by atoms with Crippen LogP contribution in [0.25, 0.3) is 0 Å². The first-order valence-corrected chi connectivity index (χ1v) is 7.37. The fraction of sp³-hybridized carbons (Fsp3) is 0.412. The lowest BCUT2D eigenvalue weighted by atomic mass is 9.89. The summed E-state index contributed by atoms with van der Waals surface area (Å²) in [5.74, 6) is -0.157. The van der Waals surface area contributed by atoms with Gasteiger partial charge in [-0.1, -0.05) is 56.7 Å². The van der Waals surface area contributed by atoms with E-state index in [4.69, 9.17) is 11.6 Å². The molecular weight excluding hydrogens is 286 g/mol. The Morgan fingerprint density at radius 2 is 2.10 bits per heavy atom. The number of rotatable bonds is 2. The van der Waals surface area contributed by atoms with Gasteiger partial charge in [0.05, 0.1) is 7.11 Å². The van der Waals surface area contributed by atoms with Gasteiger partial charge in [0.1, 0.15) is 5.15 Å². The topological polar surface area (TPSA) is 39.2 Å². The molecule has 1 atom stereocenters. The van der Waals surface area contributed by atoms with Crippen molar-refractivity contribution >= 4 is 17.6 Å². The number of allylic oxidation sites excluding steroid dienone is 4. The average Bonchev–Trinajstić information content (AvgIpc) is 2.84. The minimum atomic E-state index is -0.157. The molecule has 1 fully saturated rings. The summed E-state index contributed by atoms with van der Waals surface area (Å²) in [5, 5.41) is 0.557. The SMILES string of the molecule is CC1(C)C2=CC=CC21c1ccc(Cl)nc1.CCC(=O)OC. The van der Waals surface area contributed by atoms with Crippen molar-refractivity contribution in [3.8, 4) is 0 Å². The lowest BCUT2D eigenvalue weighted by Gasteiger charge is -2.14. The molecule has 4 heteroatoms. The van der Waals surface area contributed by atoms with E-state index in [2.05, 4.69) is 47.9 Å². The smallest absolute Gasteiger partial charge is 0.305 e. The molecule has 0 N–H and O–H groups in total. The number of halogens is 1. The molecule has 1 saturated carbocycles. The predicted octanol–water partition coefficient (Wildman–Crippen LogP) is 4.08. The third kappa shape index (κ3) is 2.51. The summed E-state index contributed by atoms with van der Waals surface area (Å²) in [4.78, 5) is 14.1. The molecule has 0 aromatic carbocycles. The summed E-state index contributed by atoms with van der Waals surface area (Å²) in [7, 11) is 1.38. The first-order valence-electron chi connectivity index (χ1n) is 6.99. The second-order valence-corrected chi connectivity index (χ2v) is 6.06. The van der Waals surface area contributed by atoms with Crippen molar-refractivity contribution in [2.24, 2.45) is 5.41 Å². The Balaban J connectivity index is 0.000000232. The van der Waals surface area contributed by atoms with Crippen LogP contribution >= 0.6 is 11.6 Å². The van der Waals surface area contributed by atoms with E-state index in [-0.39, 0.29) is 16.8 Å². The number of esters is 1. The van der Waals surface area contributed by atoms with Crippen LogP contribution in [0.2, 0.25) is 5.15 Å². The lowest BCUT2D eigenvalue weighted by Crippen LogP contribution is -2.11. The van der Waals surface area contributed by atoms with Gasteiger partial charge in [0.15, 0.2) is 0 Å². The molecule has 0 radical (unpaired) electrons. The van der Waals surface area contributed by atoms with E-state index in [1.807, 2.05) is 12.3 Å². The van der Waals surface area contributed by atoms with Crippen molar-refractivity contribution in [1.82, 2.24) is 4.98 Å². The molecule has 1 aromatic rings.